The van der Waals surface area contributed by atoms with Gasteiger partial charge >= 0.3 is 0 Å². The molecule has 0 saturated heterocycles. The summed E-state index contributed by atoms with van der Waals surface area (Å²) in [6.45, 7) is 0. The van der Waals surface area contributed by atoms with Crippen molar-refractivity contribution in [3.8, 4) is 39.5 Å². The minimum Gasteiger partial charge on any atom is -0.497 e. The van der Waals surface area contributed by atoms with E-state index in [0.717, 1.165) is 45.1 Å². The summed E-state index contributed by atoms with van der Waals surface area (Å²) in [5.74, 6) is 2.06. The summed E-state index contributed by atoms with van der Waals surface area (Å²) in [4.78, 5) is 13.5. The van der Waals surface area contributed by atoms with Crippen LogP contribution < -0.4 is 14.2 Å². The van der Waals surface area contributed by atoms with Gasteiger partial charge in [0.1, 0.15) is 17.2 Å². The first-order valence-corrected chi connectivity index (χ1v) is 10.8. The quantitative estimate of drug-likeness (QED) is 0.331. The molecule has 1 heterocycles. The molecule has 0 N–H and O–H groups in total. The van der Waals surface area contributed by atoms with Crippen LogP contribution in [0, 0.1) is 0 Å². The van der Waals surface area contributed by atoms with Crippen molar-refractivity contribution in [3.05, 3.63) is 90.8 Å². The number of ether oxygens (including phenoxy) is 4. The summed E-state index contributed by atoms with van der Waals surface area (Å²) in [5.41, 5.74) is 4.53. The molecule has 0 amide bonds. The van der Waals surface area contributed by atoms with Crippen LogP contribution in [0.3, 0.4) is 0 Å². The second-order valence-electron chi connectivity index (χ2n) is 7.68. The predicted octanol–water partition coefficient (Wildman–Crippen LogP) is 5.88. The van der Waals surface area contributed by atoms with Crippen molar-refractivity contribution in [2.24, 2.45) is 0 Å². The minimum absolute atomic E-state index is 0.192. The monoisotopic (exact) mass is 457 g/mol. The number of carbonyl (C=O) groups excluding carboxylic acids is 1. The molecular weight excluding hydrogens is 430 g/mol. The zero-order valence-electron chi connectivity index (χ0n) is 19.6. The van der Waals surface area contributed by atoms with Gasteiger partial charge in [0.05, 0.1) is 21.3 Å². The van der Waals surface area contributed by atoms with Crippen molar-refractivity contribution in [3.63, 3.8) is 0 Å². The average Bonchev–Trinajstić information content (AvgIpc) is 3.35. The third-order valence-corrected chi connectivity index (χ3v) is 5.76. The Morgan fingerprint density at radius 3 is 1.35 bits per heavy atom. The molecule has 4 rings (SSSR count). The summed E-state index contributed by atoms with van der Waals surface area (Å²) in [5, 5.41) is 0. The highest BCUT2D eigenvalue weighted by Gasteiger charge is 2.24. The normalized spacial score (nSPS) is 11.6. The van der Waals surface area contributed by atoms with E-state index in [9.17, 15) is 4.79 Å². The van der Waals surface area contributed by atoms with E-state index < -0.39 is 6.10 Å². The number of benzene rings is 3. The van der Waals surface area contributed by atoms with Crippen LogP contribution in [-0.2, 0) is 4.74 Å². The maximum absolute atomic E-state index is 13.5. The Hall–Kier alpha value is -4.03. The van der Waals surface area contributed by atoms with Gasteiger partial charge in [-0.15, -0.1) is 0 Å². The van der Waals surface area contributed by atoms with Gasteiger partial charge in [-0.05, 0) is 53.1 Å². The van der Waals surface area contributed by atoms with Crippen molar-refractivity contribution in [1.82, 2.24) is 4.57 Å². The molecule has 0 radical (unpaired) electrons. The molecule has 0 spiro atoms. The number of aromatic nitrogens is 1. The lowest BCUT2D eigenvalue weighted by molar-refractivity contribution is 0.0514. The zero-order chi connectivity index (χ0) is 24.1. The standard InChI is InChI=1S/C28H27NO5/c1-31-22-11-5-19(6-12-22)25-17-29(18-26(25)20-7-13-23(32-2)14-8-20)28(30)27(34-4)21-9-15-24(33-3)16-10-21/h5-18,27H,1-4H3. The van der Waals surface area contributed by atoms with Gasteiger partial charge < -0.3 is 18.9 Å². The molecule has 174 valence electrons. The lowest BCUT2D eigenvalue weighted by Gasteiger charge is -2.15. The molecular formula is C28H27NO5. The second kappa shape index (κ2) is 10.3. The Kier molecular flexibility index (Phi) is 6.99. The summed E-state index contributed by atoms with van der Waals surface area (Å²) in [7, 11) is 6.41. The van der Waals surface area contributed by atoms with Crippen LogP contribution in [0.2, 0.25) is 0 Å². The van der Waals surface area contributed by atoms with Crippen LogP contribution in [0.4, 0.5) is 0 Å². The highest BCUT2D eigenvalue weighted by atomic mass is 16.5. The summed E-state index contributed by atoms with van der Waals surface area (Å²) >= 11 is 0. The van der Waals surface area contributed by atoms with E-state index in [4.69, 9.17) is 18.9 Å². The number of methoxy groups -OCH3 is 4. The average molecular weight is 458 g/mol. The largest absolute Gasteiger partial charge is 0.497 e. The van der Waals surface area contributed by atoms with Gasteiger partial charge in [0.15, 0.2) is 6.10 Å². The smallest absolute Gasteiger partial charge is 0.264 e. The highest BCUT2D eigenvalue weighted by Crippen LogP contribution is 2.35. The predicted molar refractivity (Wildman–Crippen MR) is 132 cm³/mol. The SMILES string of the molecule is COc1ccc(-c2cn(C(=O)C(OC)c3ccc(OC)cc3)cc2-c2ccc(OC)cc2)cc1. The Morgan fingerprint density at radius 1 is 0.618 bits per heavy atom. The molecule has 1 aromatic heterocycles. The molecule has 0 aliphatic heterocycles. The fourth-order valence-corrected chi connectivity index (χ4v) is 3.88. The Labute approximate surface area is 199 Å². The van der Waals surface area contributed by atoms with Gasteiger partial charge in [0.25, 0.3) is 5.91 Å². The molecule has 3 aromatic carbocycles. The highest BCUT2D eigenvalue weighted by molar-refractivity contribution is 5.91. The summed E-state index contributed by atoms with van der Waals surface area (Å²) in [6, 6.07) is 22.8. The molecule has 4 aromatic rings. The van der Waals surface area contributed by atoms with Crippen LogP contribution in [0.25, 0.3) is 22.3 Å². The second-order valence-corrected chi connectivity index (χ2v) is 7.68. The molecule has 1 atom stereocenters. The van der Waals surface area contributed by atoms with Crippen molar-refractivity contribution >= 4 is 5.91 Å². The topological polar surface area (TPSA) is 58.9 Å². The lowest BCUT2D eigenvalue weighted by atomic mass is 9.99. The summed E-state index contributed by atoms with van der Waals surface area (Å²) in [6.07, 6.45) is 2.93. The van der Waals surface area contributed by atoms with Gasteiger partial charge in [-0.1, -0.05) is 36.4 Å². The number of rotatable bonds is 8. The minimum atomic E-state index is -0.759. The lowest BCUT2D eigenvalue weighted by Crippen LogP contribution is -2.20. The Morgan fingerprint density at radius 2 is 1.00 bits per heavy atom. The van der Waals surface area contributed by atoms with Crippen LogP contribution in [0.1, 0.15) is 16.5 Å². The van der Waals surface area contributed by atoms with E-state index in [1.807, 2.05) is 85.2 Å². The van der Waals surface area contributed by atoms with Crippen molar-refractivity contribution in [1.29, 1.82) is 0 Å². The van der Waals surface area contributed by atoms with Gasteiger partial charge in [-0.25, -0.2) is 0 Å². The molecule has 6 heteroatoms. The molecule has 6 nitrogen and oxygen atoms in total. The number of nitrogens with zero attached hydrogens (tertiary/aromatic N) is 1. The maximum atomic E-state index is 13.5. The van der Waals surface area contributed by atoms with E-state index in [2.05, 4.69) is 0 Å². The Balaban J connectivity index is 1.77. The molecule has 0 fully saturated rings. The van der Waals surface area contributed by atoms with Gasteiger partial charge in [0, 0.05) is 30.6 Å². The van der Waals surface area contributed by atoms with Gasteiger partial charge in [0.2, 0.25) is 0 Å². The fraction of sp³-hybridized carbons (Fsp3) is 0.179. The number of carbonyl (C=O) groups is 1. The fourth-order valence-electron chi connectivity index (χ4n) is 3.88. The van der Waals surface area contributed by atoms with Gasteiger partial charge in [-0.3, -0.25) is 9.36 Å². The molecule has 34 heavy (non-hydrogen) atoms. The molecule has 0 bridgehead atoms. The first-order chi connectivity index (χ1) is 16.6. The van der Waals surface area contributed by atoms with E-state index in [1.165, 1.54) is 7.11 Å². The first-order valence-electron chi connectivity index (χ1n) is 10.8. The van der Waals surface area contributed by atoms with Gasteiger partial charge in [-0.2, -0.15) is 0 Å². The summed E-state index contributed by atoms with van der Waals surface area (Å²) < 4.78 is 23.0. The third kappa shape index (κ3) is 4.67. The molecule has 0 aliphatic carbocycles. The third-order valence-electron chi connectivity index (χ3n) is 5.76. The van der Waals surface area contributed by atoms with Crippen LogP contribution >= 0.6 is 0 Å². The Bertz CT molecular complexity index is 1180. The van der Waals surface area contributed by atoms with Crippen molar-refractivity contribution < 1.29 is 23.7 Å². The van der Waals surface area contributed by atoms with E-state index >= 15 is 0 Å². The zero-order valence-corrected chi connectivity index (χ0v) is 19.6. The molecule has 1 unspecified atom stereocenters. The van der Waals surface area contributed by atoms with Crippen molar-refractivity contribution in [2.45, 2.75) is 6.10 Å². The first kappa shape index (κ1) is 23.1. The van der Waals surface area contributed by atoms with E-state index in [-0.39, 0.29) is 5.91 Å². The van der Waals surface area contributed by atoms with Crippen molar-refractivity contribution in [2.75, 3.05) is 28.4 Å². The number of hydrogen-bond donors (Lipinski definition) is 0. The van der Waals surface area contributed by atoms with Crippen LogP contribution in [0.5, 0.6) is 17.2 Å². The van der Waals surface area contributed by atoms with Crippen LogP contribution in [0.15, 0.2) is 85.2 Å². The molecule has 0 aliphatic rings. The van der Waals surface area contributed by atoms with Crippen LogP contribution in [-0.4, -0.2) is 38.9 Å². The van der Waals surface area contributed by atoms with E-state index in [1.54, 1.807) is 25.9 Å². The van der Waals surface area contributed by atoms with E-state index in [0.29, 0.717) is 0 Å². The number of hydrogen-bond acceptors (Lipinski definition) is 5. The molecule has 0 saturated carbocycles. The maximum Gasteiger partial charge on any atom is 0.264 e.